The average molecular weight is 441 g/mol. The molecule has 6 heteroatoms. The lowest BCUT2D eigenvalue weighted by Crippen LogP contribution is -2.10. The topological polar surface area (TPSA) is 75.2 Å². The molecule has 3 rings (SSSR count). The van der Waals surface area contributed by atoms with E-state index in [0.717, 1.165) is 30.4 Å². The van der Waals surface area contributed by atoms with E-state index in [1.165, 1.54) is 13.8 Å². The molecule has 164 valence electrons. The van der Waals surface area contributed by atoms with Gasteiger partial charge in [-0.3, -0.25) is 0 Å². The lowest BCUT2D eigenvalue weighted by molar-refractivity contribution is -0.114. The first-order valence-corrected chi connectivity index (χ1v) is 10.6. The number of nitrogens with zero attached hydrogens (tertiary/aromatic N) is 1. The predicted octanol–water partition coefficient (Wildman–Crippen LogP) is 5.74. The lowest BCUT2D eigenvalue weighted by atomic mass is 10.1. The zero-order valence-electron chi connectivity index (χ0n) is 18.5. The molecule has 1 heterocycles. The minimum absolute atomic E-state index is 0.0209. The van der Waals surface area contributed by atoms with E-state index in [1.807, 2.05) is 32.1 Å². The largest absolute Gasteiger partial charge is 0.426 e. The van der Waals surface area contributed by atoms with Crippen molar-refractivity contribution in [1.29, 1.82) is 0 Å². The van der Waals surface area contributed by atoms with Gasteiger partial charge in [0.25, 0.3) is 6.01 Å². The van der Waals surface area contributed by atoms with Crippen molar-refractivity contribution < 1.29 is 14.6 Å². The summed E-state index contributed by atoms with van der Waals surface area (Å²) in [5.74, 6) is 7.05. The quantitative estimate of drug-likeness (QED) is 0.361. The van der Waals surface area contributed by atoms with Gasteiger partial charge in [0.15, 0.2) is 0 Å². The Kier molecular flexibility index (Phi) is 9.11. The molecule has 0 radical (unpaired) electrons. The monoisotopic (exact) mass is 440 g/mol. The Balaban J connectivity index is 0.000000785. The number of ketones is 1. The number of rotatable bonds is 4. The van der Waals surface area contributed by atoms with Gasteiger partial charge < -0.3 is 19.6 Å². The molecule has 1 aliphatic rings. The van der Waals surface area contributed by atoms with Crippen molar-refractivity contribution in [1.82, 2.24) is 9.97 Å². The van der Waals surface area contributed by atoms with Crippen molar-refractivity contribution in [2.45, 2.75) is 53.1 Å². The van der Waals surface area contributed by atoms with Crippen LogP contribution in [0.25, 0.3) is 11.0 Å². The van der Waals surface area contributed by atoms with Crippen LogP contribution in [0.3, 0.4) is 0 Å². The second-order valence-electron chi connectivity index (χ2n) is 7.56. The predicted molar refractivity (Wildman–Crippen MR) is 126 cm³/mol. The summed E-state index contributed by atoms with van der Waals surface area (Å²) < 4.78 is 5.78. The molecule has 1 saturated carbocycles. The molecule has 2 atom stereocenters. The summed E-state index contributed by atoms with van der Waals surface area (Å²) in [6.07, 6.45) is 7.93. The van der Waals surface area contributed by atoms with Crippen molar-refractivity contribution in [2.24, 2.45) is 5.92 Å². The Bertz CT molecular complexity index is 1070. The summed E-state index contributed by atoms with van der Waals surface area (Å²) in [7, 11) is 0. The van der Waals surface area contributed by atoms with E-state index < -0.39 is 0 Å². The lowest BCUT2D eigenvalue weighted by Gasteiger charge is -2.05. The van der Waals surface area contributed by atoms with Crippen molar-refractivity contribution in [3.05, 3.63) is 58.9 Å². The maximum atomic E-state index is 9.91. The third-order valence-corrected chi connectivity index (χ3v) is 4.97. The highest BCUT2D eigenvalue weighted by Crippen LogP contribution is 2.27. The first kappa shape index (κ1) is 24.5. The normalized spacial score (nSPS) is 18.6. The highest BCUT2D eigenvalue weighted by molar-refractivity contribution is 6.32. The van der Waals surface area contributed by atoms with E-state index in [2.05, 4.69) is 28.4 Å². The first-order chi connectivity index (χ1) is 14.7. The Hall–Kier alpha value is -2.81. The van der Waals surface area contributed by atoms with Gasteiger partial charge in [0.1, 0.15) is 11.5 Å². The maximum Gasteiger partial charge on any atom is 0.300 e. The van der Waals surface area contributed by atoms with Crippen LogP contribution in [-0.4, -0.2) is 27.0 Å². The molecule has 31 heavy (non-hydrogen) atoms. The van der Waals surface area contributed by atoms with E-state index >= 15 is 0 Å². The number of nitrogens with one attached hydrogen (secondary N) is 1. The number of aliphatic hydroxyl groups excluding tert-OH is 1. The van der Waals surface area contributed by atoms with Crippen LogP contribution in [0.15, 0.2) is 48.3 Å². The number of allylic oxidation sites excluding steroid dienone is 4. The molecule has 0 bridgehead atoms. The van der Waals surface area contributed by atoms with Gasteiger partial charge in [-0.2, -0.15) is 4.98 Å². The number of halogens is 1. The van der Waals surface area contributed by atoms with Crippen LogP contribution in [0.4, 0.5) is 0 Å². The number of carbonyl (C=O) groups is 1. The summed E-state index contributed by atoms with van der Waals surface area (Å²) in [6, 6.07) is 4.00. The van der Waals surface area contributed by atoms with E-state index in [0.29, 0.717) is 27.9 Å². The number of Topliss-reactive ketones (excluding diaryl/α,β-unsaturated/α-hetero) is 1. The number of aliphatic hydroxyl groups is 1. The van der Waals surface area contributed by atoms with Gasteiger partial charge in [-0.1, -0.05) is 41.7 Å². The molecule has 0 amide bonds. The van der Waals surface area contributed by atoms with Crippen LogP contribution in [0.5, 0.6) is 6.01 Å². The second-order valence-corrected chi connectivity index (χ2v) is 7.97. The molecular weight excluding hydrogens is 412 g/mol. The van der Waals surface area contributed by atoms with Gasteiger partial charge in [0.05, 0.1) is 22.2 Å². The summed E-state index contributed by atoms with van der Waals surface area (Å²) >= 11 is 6.36. The molecule has 1 aromatic heterocycles. The van der Waals surface area contributed by atoms with Crippen LogP contribution >= 0.6 is 11.6 Å². The molecule has 2 N–H and O–H groups in total. The van der Waals surface area contributed by atoms with Gasteiger partial charge in [0.2, 0.25) is 0 Å². The van der Waals surface area contributed by atoms with Gasteiger partial charge in [-0.25, -0.2) is 0 Å². The molecule has 2 unspecified atom stereocenters. The average Bonchev–Trinajstić information content (AvgIpc) is 3.29. The summed E-state index contributed by atoms with van der Waals surface area (Å²) in [5, 5.41) is 10.4. The zero-order chi connectivity index (χ0) is 23.0. The fourth-order valence-electron chi connectivity index (χ4n) is 2.98. The number of imidazole rings is 1. The smallest absolute Gasteiger partial charge is 0.300 e. The Labute approximate surface area is 188 Å². The van der Waals surface area contributed by atoms with E-state index in [-0.39, 0.29) is 17.8 Å². The number of H-pyrrole nitrogens is 1. The third-order valence-electron chi connectivity index (χ3n) is 4.66. The summed E-state index contributed by atoms with van der Waals surface area (Å²) in [6.45, 7) is 10.8. The Morgan fingerprint density at radius 1 is 1.35 bits per heavy atom. The number of benzene rings is 1. The zero-order valence-corrected chi connectivity index (χ0v) is 19.2. The number of fused-ring (bicyclic) bond motifs is 1. The number of aromatic amines is 1. The van der Waals surface area contributed by atoms with Crippen LogP contribution in [-0.2, 0) is 4.79 Å². The van der Waals surface area contributed by atoms with Crippen molar-refractivity contribution in [3.8, 4) is 17.9 Å². The van der Waals surface area contributed by atoms with E-state index in [4.69, 9.17) is 16.3 Å². The van der Waals surface area contributed by atoms with Crippen molar-refractivity contribution >= 4 is 28.4 Å². The first-order valence-electron chi connectivity index (χ1n) is 10.2. The summed E-state index contributed by atoms with van der Waals surface area (Å²) in [5.41, 5.74) is 3.27. The van der Waals surface area contributed by atoms with Crippen LogP contribution in [0.1, 0.15) is 52.5 Å². The van der Waals surface area contributed by atoms with E-state index in [1.54, 1.807) is 12.1 Å². The minimum Gasteiger partial charge on any atom is -0.426 e. The number of hydrogen-bond acceptors (Lipinski definition) is 4. The van der Waals surface area contributed by atoms with Gasteiger partial charge in [-0.15, -0.1) is 0 Å². The Morgan fingerprint density at radius 3 is 2.65 bits per heavy atom. The van der Waals surface area contributed by atoms with Gasteiger partial charge in [-0.05, 0) is 71.2 Å². The minimum atomic E-state index is -0.336. The Morgan fingerprint density at radius 2 is 2.06 bits per heavy atom. The molecule has 1 aliphatic carbocycles. The fourth-order valence-corrected chi connectivity index (χ4v) is 3.19. The second kappa shape index (κ2) is 11.5. The van der Waals surface area contributed by atoms with Crippen molar-refractivity contribution in [2.75, 3.05) is 0 Å². The molecule has 0 spiro atoms. The van der Waals surface area contributed by atoms with Crippen LogP contribution < -0.4 is 4.74 Å². The van der Waals surface area contributed by atoms with Crippen molar-refractivity contribution in [3.63, 3.8) is 0 Å². The standard InChI is InChI=1S/C22H23ClN2O2.C3H6O/c1-4-14(3)11-17(5-2)27-22-24-19-12-16(18(23)13-20(19)25-22)10-9-15-7-6-8-21(15)26;1-3(2)4/h4-5,11-13,15,21,26H,2,6-8H2,1,3H3,(H,24,25);1-2H3/b14-4+,17-11+;. The van der Waals surface area contributed by atoms with Crippen LogP contribution in [0, 0.1) is 17.8 Å². The molecule has 1 aromatic carbocycles. The summed E-state index contributed by atoms with van der Waals surface area (Å²) in [4.78, 5) is 17.0. The molecule has 0 aliphatic heterocycles. The fraction of sp³-hybridized carbons (Fsp3) is 0.360. The molecule has 2 aromatic rings. The van der Waals surface area contributed by atoms with Crippen LogP contribution in [0.2, 0.25) is 5.02 Å². The third kappa shape index (κ3) is 7.43. The SMILES string of the molecule is C=C/C(=C\C(C)=C\C)Oc1nc2cc(Cl)c(C#CC3CCCC3O)cc2[nH]1.CC(C)=O. The maximum absolute atomic E-state index is 9.91. The molecular formula is C25H29ClN2O3. The number of ether oxygens (including phenoxy) is 1. The number of carbonyl (C=O) groups excluding carboxylic acids is 1. The molecule has 1 fully saturated rings. The highest BCUT2D eigenvalue weighted by atomic mass is 35.5. The van der Waals surface area contributed by atoms with Gasteiger partial charge >= 0.3 is 0 Å². The van der Waals surface area contributed by atoms with Gasteiger partial charge in [0, 0.05) is 11.5 Å². The number of aromatic nitrogens is 2. The van der Waals surface area contributed by atoms with E-state index in [9.17, 15) is 9.90 Å². The molecule has 5 nitrogen and oxygen atoms in total. The molecule has 0 saturated heterocycles. The highest BCUT2D eigenvalue weighted by Gasteiger charge is 2.23. The number of hydrogen-bond donors (Lipinski definition) is 2.